The van der Waals surface area contributed by atoms with Crippen LogP contribution in [0.15, 0.2) is 46.0 Å². The highest BCUT2D eigenvalue weighted by molar-refractivity contribution is 9.10. The van der Waals surface area contributed by atoms with Crippen LogP contribution in [0.2, 0.25) is 0 Å². The van der Waals surface area contributed by atoms with Gasteiger partial charge in [-0.25, -0.2) is 5.43 Å². The number of anilines is 1. The van der Waals surface area contributed by atoms with Crippen molar-refractivity contribution < 1.29 is 19.0 Å². The van der Waals surface area contributed by atoms with E-state index in [1.54, 1.807) is 6.07 Å². The Morgan fingerprint density at radius 1 is 1.21 bits per heavy atom. The van der Waals surface area contributed by atoms with Gasteiger partial charge in [0.1, 0.15) is 24.0 Å². The van der Waals surface area contributed by atoms with E-state index in [4.69, 9.17) is 19.9 Å². The summed E-state index contributed by atoms with van der Waals surface area (Å²) in [4.78, 5) is 12.0. The van der Waals surface area contributed by atoms with Gasteiger partial charge in [-0.05, 0) is 65.2 Å². The summed E-state index contributed by atoms with van der Waals surface area (Å²) >= 11 is 4.68. The average Bonchev–Trinajstić information content (AvgIpc) is 3.17. The summed E-state index contributed by atoms with van der Waals surface area (Å²) in [5.74, 6) is 1.60. The highest BCUT2D eigenvalue weighted by Crippen LogP contribution is 2.36. The normalized spacial score (nSPS) is 10.9. The fourth-order valence-electron chi connectivity index (χ4n) is 2.77. The van der Waals surface area contributed by atoms with Crippen molar-refractivity contribution in [2.24, 2.45) is 5.10 Å². The lowest BCUT2D eigenvalue weighted by molar-refractivity contribution is -0.120. The first kappa shape index (κ1) is 24.5. The summed E-state index contributed by atoms with van der Waals surface area (Å²) in [6, 6.07) is 11.4. The van der Waals surface area contributed by atoms with E-state index in [-0.39, 0.29) is 12.3 Å². The number of ether oxygens (including phenoxy) is 3. The molecule has 0 aliphatic heterocycles. The molecule has 3 aromatic rings. The van der Waals surface area contributed by atoms with Crippen LogP contribution in [0.3, 0.4) is 0 Å². The molecule has 1 heterocycles. The molecule has 3 N–H and O–H groups in total. The Morgan fingerprint density at radius 2 is 2.03 bits per heavy atom. The van der Waals surface area contributed by atoms with Gasteiger partial charge in [0.2, 0.25) is 11.0 Å². The molecule has 0 aliphatic rings. The lowest BCUT2D eigenvalue weighted by Gasteiger charge is -2.15. The van der Waals surface area contributed by atoms with Gasteiger partial charge >= 0.3 is 0 Å². The van der Waals surface area contributed by atoms with Crippen LogP contribution in [0.1, 0.15) is 23.1 Å². The summed E-state index contributed by atoms with van der Waals surface area (Å²) < 4.78 is 18.1. The smallest absolute Gasteiger partial charge is 0.247 e. The van der Waals surface area contributed by atoms with Crippen LogP contribution in [0.25, 0.3) is 0 Å². The quantitative estimate of drug-likeness (QED) is 0.218. The molecule has 0 saturated heterocycles. The third-order valence-corrected chi connectivity index (χ3v) is 5.46. The number of rotatable bonds is 11. The molecule has 0 aliphatic carbocycles. The van der Waals surface area contributed by atoms with Crippen molar-refractivity contribution in [3.8, 4) is 17.2 Å². The molecule has 0 radical (unpaired) electrons. The third-order valence-electron chi connectivity index (χ3n) is 4.12. The minimum Gasteiger partial charge on any atom is -0.490 e. The number of nitrogen functional groups attached to an aromatic ring is 1. The molecule has 0 atom stereocenters. The second kappa shape index (κ2) is 12.2. The van der Waals surface area contributed by atoms with Gasteiger partial charge in [-0.1, -0.05) is 23.5 Å². The minimum atomic E-state index is -0.319. The number of carbonyl (C=O) groups is 1. The van der Waals surface area contributed by atoms with Gasteiger partial charge in [0, 0.05) is 0 Å². The van der Waals surface area contributed by atoms with Crippen molar-refractivity contribution in [2.75, 3.05) is 25.6 Å². The lowest BCUT2D eigenvalue weighted by atomic mass is 10.2. The summed E-state index contributed by atoms with van der Waals surface area (Å²) in [6.45, 7) is 5.09. The van der Waals surface area contributed by atoms with Gasteiger partial charge < -0.3 is 19.9 Å². The van der Waals surface area contributed by atoms with E-state index in [2.05, 4.69) is 36.7 Å². The first-order valence-corrected chi connectivity index (χ1v) is 11.7. The molecule has 9 nitrogen and oxygen atoms in total. The Kier molecular flexibility index (Phi) is 9.02. The number of hydrazone groups is 1. The Bertz CT molecular complexity index is 1120. The van der Waals surface area contributed by atoms with Gasteiger partial charge in [0.05, 0.1) is 23.7 Å². The van der Waals surface area contributed by atoms with Gasteiger partial charge in [-0.15, -0.1) is 10.2 Å². The SMILES string of the molecule is CCOc1cc(/C=N\NC(=O)Cc2nnc(N)s2)cc(Br)c1OCCOc1cccc(C)c1. The summed E-state index contributed by atoms with van der Waals surface area (Å²) in [6.07, 6.45) is 1.57. The van der Waals surface area contributed by atoms with E-state index in [0.717, 1.165) is 22.6 Å². The van der Waals surface area contributed by atoms with Gasteiger partial charge in [0.15, 0.2) is 11.5 Å². The van der Waals surface area contributed by atoms with Crippen LogP contribution in [0, 0.1) is 6.92 Å². The number of nitrogens with two attached hydrogens (primary N) is 1. The Morgan fingerprint density at radius 3 is 2.76 bits per heavy atom. The minimum absolute atomic E-state index is 0.0531. The molecule has 1 amide bonds. The third kappa shape index (κ3) is 7.72. The highest BCUT2D eigenvalue weighted by atomic mass is 79.9. The molecule has 174 valence electrons. The molecule has 33 heavy (non-hydrogen) atoms. The zero-order valence-corrected chi connectivity index (χ0v) is 20.6. The van der Waals surface area contributed by atoms with Crippen LogP contribution in [-0.4, -0.2) is 42.1 Å². The zero-order valence-electron chi connectivity index (χ0n) is 18.2. The number of benzene rings is 2. The molecule has 3 rings (SSSR count). The largest absolute Gasteiger partial charge is 0.490 e. The number of halogens is 1. The number of carbonyl (C=O) groups excluding carboxylic acids is 1. The van der Waals surface area contributed by atoms with E-state index in [1.165, 1.54) is 6.21 Å². The van der Waals surface area contributed by atoms with Crippen LogP contribution >= 0.6 is 27.3 Å². The molecular weight excluding hydrogens is 510 g/mol. The van der Waals surface area contributed by atoms with Gasteiger partial charge in [-0.2, -0.15) is 5.10 Å². The first-order chi connectivity index (χ1) is 15.9. The Labute approximate surface area is 204 Å². The molecule has 0 fully saturated rings. The zero-order chi connectivity index (χ0) is 23.6. The summed E-state index contributed by atoms with van der Waals surface area (Å²) in [5, 5.41) is 12.3. The van der Waals surface area contributed by atoms with E-state index in [9.17, 15) is 4.79 Å². The monoisotopic (exact) mass is 533 g/mol. The second-order valence-electron chi connectivity index (χ2n) is 6.78. The van der Waals surface area contributed by atoms with E-state index in [1.807, 2.05) is 44.2 Å². The number of hydrogen-bond donors (Lipinski definition) is 2. The molecular formula is C22H24BrN5O4S. The summed E-state index contributed by atoms with van der Waals surface area (Å²) in [5.41, 5.74) is 9.83. The van der Waals surface area contributed by atoms with Crippen molar-refractivity contribution >= 4 is 44.5 Å². The number of aromatic nitrogens is 2. The molecule has 1 aromatic heterocycles. The maximum Gasteiger partial charge on any atom is 0.247 e. The maximum atomic E-state index is 12.0. The predicted octanol–water partition coefficient (Wildman–Crippen LogP) is 3.74. The number of nitrogens with zero attached hydrogens (tertiary/aromatic N) is 3. The fraction of sp³-hybridized carbons (Fsp3) is 0.273. The standard InChI is InChI=1S/C22H24BrN5O4S/c1-3-30-18-11-15(13-25-26-19(29)12-20-27-28-22(24)33-20)10-17(23)21(18)32-8-7-31-16-6-4-5-14(2)9-16/h4-6,9-11,13H,3,7-8,12H2,1-2H3,(H2,24,28)(H,26,29)/b25-13-. The van der Waals surface area contributed by atoms with Crippen LogP contribution in [0.5, 0.6) is 17.2 Å². The van der Waals surface area contributed by atoms with Crippen LogP contribution < -0.4 is 25.4 Å². The van der Waals surface area contributed by atoms with Gasteiger partial charge in [-0.3, -0.25) is 4.79 Å². The van der Waals surface area contributed by atoms with Crippen molar-refractivity contribution in [3.05, 3.63) is 57.0 Å². The Balaban J connectivity index is 1.57. The van der Waals surface area contributed by atoms with E-state index in [0.29, 0.717) is 51.5 Å². The fourth-order valence-corrected chi connectivity index (χ4v) is 3.95. The van der Waals surface area contributed by atoms with E-state index < -0.39 is 0 Å². The summed E-state index contributed by atoms with van der Waals surface area (Å²) in [7, 11) is 0. The molecule has 0 unspecified atom stereocenters. The van der Waals surface area contributed by atoms with Crippen LogP contribution in [-0.2, 0) is 11.2 Å². The second-order valence-corrected chi connectivity index (χ2v) is 8.73. The molecule has 0 bridgehead atoms. The lowest BCUT2D eigenvalue weighted by Crippen LogP contribution is -2.19. The highest BCUT2D eigenvalue weighted by Gasteiger charge is 2.12. The molecule has 2 aromatic carbocycles. The predicted molar refractivity (Wildman–Crippen MR) is 131 cm³/mol. The van der Waals surface area contributed by atoms with Crippen molar-refractivity contribution in [2.45, 2.75) is 20.3 Å². The van der Waals surface area contributed by atoms with Gasteiger partial charge in [0.25, 0.3) is 0 Å². The number of nitrogens with one attached hydrogen (secondary N) is 1. The number of aryl methyl sites for hydroxylation is 1. The Hall–Kier alpha value is -3.18. The molecule has 0 saturated carbocycles. The number of amides is 1. The van der Waals surface area contributed by atoms with Crippen molar-refractivity contribution in [1.82, 2.24) is 15.6 Å². The topological polar surface area (TPSA) is 121 Å². The maximum absolute atomic E-state index is 12.0. The first-order valence-electron chi connectivity index (χ1n) is 10.1. The molecule has 11 heteroatoms. The molecule has 0 spiro atoms. The van der Waals surface area contributed by atoms with Crippen LogP contribution in [0.4, 0.5) is 5.13 Å². The number of hydrogen-bond acceptors (Lipinski definition) is 9. The van der Waals surface area contributed by atoms with Crippen molar-refractivity contribution in [3.63, 3.8) is 0 Å². The van der Waals surface area contributed by atoms with E-state index >= 15 is 0 Å². The van der Waals surface area contributed by atoms with Crippen molar-refractivity contribution in [1.29, 1.82) is 0 Å². The average molecular weight is 534 g/mol.